The Balaban J connectivity index is 2.82. The van der Waals surface area contributed by atoms with Crippen LogP contribution in [0.15, 0.2) is 18.3 Å². The third-order valence-corrected chi connectivity index (χ3v) is 1.76. The van der Waals surface area contributed by atoms with Crippen molar-refractivity contribution < 1.29 is 4.74 Å². The molecule has 0 fully saturated rings. The zero-order valence-electron chi connectivity index (χ0n) is 6.98. The van der Waals surface area contributed by atoms with Gasteiger partial charge in [-0.3, -0.25) is 0 Å². The number of aryl methyl sites for hydroxylation is 1. The van der Waals surface area contributed by atoms with Crippen molar-refractivity contribution in [2.24, 2.45) is 7.05 Å². The summed E-state index contributed by atoms with van der Waals surface area (Å²) in [5.41, 5.74) is 0.842. The van der Waals surface area contributed by atoms with Crippen LogP contribution in [0, 0.1) is 0 Å². The number of nitrogens with zero attached hydrogens (tertiary/aromatic N) is 3. The van der Waals surface area contributed by atoms with Crippen LogP contribution in [-0.4, -0.2) is 21.9 Å². The molecular weight excluding hydrogens is 154 g/mol. The lowest BCUT2D eigenvalue weighted by atomic mass is 10.3. The van der Waals surface area contributed by atoms with E-state index < -0.39 is 0 Å². The molecule has 0 bridgehead atoms. The van der Waals surface area contributed by atoms with Gasteiger partial charge in [0, 0.05) is 13.2 Å². The number of hydrogen-bond donors (Lipinski definition) is 0. The van der Waals surface area contributed by atoms with Crippen molar-refractivity contribution >= 4 is 11.0 Å². The Hall–Kier alpha value is -1.58. The van der Waals surface area contributed by atoms with Gasteiger partial charge in [-0.2, -0.15) is 0 Å². The number of rotatable bonds is 1. The minimum atomic E-state index is 0.626. The lowest BCUT2D eigenvalue weighted by molar-refractivity contribution is 0.396. The molecule has 2 rings (SSSR count). The maximum absolute atomic E-state index is 5.08. The van der Waals surface area contributed by atoms with Gasteiger partial charge in [0.15, 0.2) is 5.65 Å². The summed E-state index contributed by atoms with van der Waals surface area (Å²) in [6.07, 6.45) is 1.74. The summed E-state index contributed by atoms with van der Waals surface area (Å²) in [5.74, 6) is 0.626. The average molecular weight is 163 g/mol. The summed E-state index contributed by atoms with van der Waals surface area (Å²) in [6.45, 7) is 0. The second kappa shape index (κ2) is 2.48. The number of pyridine rings is 1. The third-order valence-electron chi connectivity index (χ3n) is 1.76. The Bertz CT molecular complexity index is 408. The van der Waals surface area contributed by atoms with Crippen molar-refractivity contribution in [2.75, 3.05) is 7.11 Å². The van der Waals surface area contributed by atoms with E-state index in [0.29, 0.717) is 5.88 Å². The Labute approximate surface area is 69.8 Å². The molecule has 2 aromatic heterocycles. The van der Waals surface area contributed by atoms with Crippen molar-refractivity contribution in [1.29, 1.82) is 0 Å². The first-order valence-electron chi connectivity index (χ1n) is 3.64. The van der Waals surface area contributed by atoms with E-state index in [2.05, 4.69) is 10.1 Å². The van der Waals surface area contributed by atoms with Crippen LogP contribution >= 0.6 is 0 Å². The van der Waals surface area contributed by atoms with E-state index in [-0.39, 0.29) is 0 Å². The van der Waals surface area contributed by atoms with Crippen LogP contribution in [-0.2, 0) is 7.05 Å². The monoisotopic (exact) mass is 163 g/mol. The Morgan fingerprint density at radius 2 is 2.33 bits per heavy atom. The van der Waals surface area contributed by atoms with Crippen molar-refractivity contribution in [1.82, 2.24) is 14.8 Å². The molecule has 0 saturated carbocycles. The highest BCUT2D eigenvalue weighted by Gasteiger charge is 2.07. The molecule has 0 radical (unpaired) electrons. The molecule has 0 saturated heterocycles. The van der Waals surface area contributed by atoms with Gasteiger partial charge >= 0.3 is 0 Å². The topological polar surface area (TPSA) is 39.9 Å². The maximum atomic E-state index is 5.08. The SMILES string of the molecule is COc1nn(C)c2ncccc12. The van der Waals surface area contributed by atoms with Gasteiger partial charge in [0.2, 0.25) is 5.88 Å². The first-order chi connectivity index (χ1) is 5.83. The zero-order valence-corrected chi connectivity index (χ0v) is 6.98. The van der Waals surface area contributed by atoms with Crippen molar-refractivity contribution in [2.45, 2.75) is 0 Å². The molecule has 0 atom stereocenters. The van der Waals surface area contributed by atoms with Crippen molar-refractivity contribution in [3.8, 4) is 5.88 Å². The van der Waals surface area contributed by atoms with Gasteiger partial charge in [0.1, 0.15) is 0 Å². The number of aromatic nitrogens is 3. The first-order valence-corrected chi connectivity index (χ1v) is 3.64. The van der Waals surface area contributed by atoms with Gasteiger partial charge in [0.05, 0.1) is 12.5 Å². The molecule has 0 N–H and O–H groups in total. The van der Waals surface area contributed by atoms with E-state index in [9.17, 15) is 0 Å². The fourth-order valence-corrected chi connectivity index (χ4v) is 1.21. The molecule has 62 valence electrons. The molecule has 0 unspecified atom stereocenters. The van der Waals surface area contributed by atoms with E-state index in [1.165, 1.54) is 0 Å². The number of fused-ring (bicyclic) bond motifs is 1. The highest BCUT2D eigenvalue weighted by molar-refractivity contribution is 5.80. The summed E-state index contributed by atoms with van der Waals surface area (Å²) >= 11 is 0. The number of ether oxygens (including phenoxy) is 1. The van der Waals surface area contributed by atoms with Crippen LogP contribution in [0.1, 0.15) is 0 Å². The number of methoxy groups -OCH3 is 1. The fourth-order valence-electron chi connectivity index (χ4n) is 1.21. The van der Waals surface area contributed by atoms with Crippen molar-refractivity contribution in [3.63, 3.8) is 0 Å². The molecule has 0 aliphatic rings. The molecule has 0 spiro atoms. The minimum Gasteiger partial charge on any atom is -0.479 e. The summed E-state index contributed by atoms with van der Waals surface area (Å²) in [5, 5.41) is 5.09. The molecule has 0 amide bonds. The smallest absolute Gasteiger partial charge is 0.242 e. The van der Waals surface area contributed by atoms with Crippen LogP contribution in [0.25, 0.3) is 11.0 Å². The summed E-state index contributed by atoms with van der Waals surface area (Å²) in [7, 11) is 3.45. The predicted molar refractivity (Wildman–Crippen MR) is 45.1 cm³/mol. The van der Waals surface area contributed by atoms with Crippen LogP contribution in [0.3, 0.4) is 0 Å². The minimum absolute atomic E-state index is 0.626. The van der Waals surface area contributed by atoms with Crippen LogP contribution < -0.4 is 4.74 Å². The van der Waals surface area contributed by atoms with E-state index in [4.69, 9.17) is 4.74 Å². The summed E-state index contributed by atoms with van der Waals surface area (Å²) in [4.78, 5) is 4.17. The highest BCUT2D eigenvalue weighted by Crippen LogP contribution is 2.20. The fraction of sp³-hybridized carbons (Fsp3) is 0.250. The average Bonchev–Trinajstić information content (AvgIpc) is 2.44. The normalized spacial score (nSPS) is 10.5. The van der Waals surface area contributed by atoms with Gasteiger partial charge in [-0.05, 0) is 12.1 Å². The molecule has 2 heterocycles. The van der Waals surface area contributed by atoms with Crippen LogP contribution in [0.2, 0.25) is 0 Å². The van der Waals surface area contributed by atoms with Crippen LogP contribution in [0.5, 0.6) is 5.88 Å². The largest absolute Gasteiger partial charge is 0.479 e. The summed E-state index contributed by atoms with van der Waals surface area (Å²) < 4.78 is 6.78. The molecule has 4 nitrogen and oxygen atoms in total. The second-order valence-electron chi connectivity index (χ2n) is 2.51. The van der Waals surface area contributed by atoms with Gasteiger partial charge in [-0.15, -0.1) is 5.10 Å². The molecule has 2 aromatic rings. The van der Waals surface area contributed by atoms with Gasteiger partial charge in [0.25, 0.3) is 0 Å². The Morgan fingerprint density at radius 3 is 3.08 bits per heavy atom. The van der Waals surface area contributed by atoms with Gasteiger partial charge < -0.3 is 4.74 Å². The molecular formula is C8H9N3O. The molecule has 0 aromatic carbocycles. The highest BCUT2D eigenvalue weighted by atomic mass is 16.5. The third kappa shape index (κ3) is 0.845. The molecule has 0 aliphatic heterocycles. The maximum Gasteiger partial charge on any atom is 0.242 e. The second-order valence-corrected chi connectivity index (χ2v) is 2.51. The molecule has 12 heavy (non-hydrogen) atoms. The van der Waals surface area contributed by atoms with E-state index in [0.717, 1.165) is 11.0 Å². The number of hydrogen-bond acceptors (Lipinski definition) is 3. The van der Waals surface area contributed by atoms with Crippen LogP contribution in [0.4, 0.5) is 0 Å². The Morgan fingerprint density at radius 1 is 1.50 bits per heavy atom. The predicted octanol–water partition coefficient (Wildman–Crippen LogP) is 0.977. The van der Waals surface area contributed by atoms with Gasteiger partial charge in [-0.25, -0.2) is 9.67 Å². The first kappa shape index (κ1) is 7.09. The van der Waals surface area contributed by atoms with E-state index in [1.54, 1.807) is 18.0 Å². The lowest BCUT2D eigenvalue weighted by Crippen LogP contribution is -1.91. The van der Waals surface area contributed by atoms with Crippen molar-refractivity contribution in [3.05, 3.63) is 18.3 Å². The quantitative estimate of drug-likeness (QED) is 0.629. The Kier molecular flexibility index (Phi) is 1.46. The molecule has 4 heteroatoms. The van der Waals surface area contributed by atoms with E-state index >= 15 is 0 Å². The lowest BCUT2D eigenvalue weighted by Gasteiger charge is -1.90. The standard InChI is InChI=1S/C8H9N3O/c1-11-7-6(4-3-5-9-7)8(10-11)12-2/h3-5H,1-2H3. The molecule has 0 aliphatic carbocycles. The summed E-state index contributed by atoms with van der Waals surface area (Å²) in [6, 6.07) is 3.81. The van der Waals surface area contributed by atoms with Gasteiger partial charge in [-0.1, -0.05) is 0 Å². The zero-order chi connectivity index (χ0) is 8.55. The van der Waals surface area contributed by atoms with E-state index in [1.807, 2.05) is 19.2 Å².